The number of hydrogen-bond acceptors (Lipinski definition) is 5. The summed E-state index contributed by atoms with van der Waals surface area (Å²) >= 11 is 0. The molecule has 28 heavy (non-hydrogen) atoms. The highest BCUT2D eigenvalue weighted by atomic mass is 16.5. The number of methoxy groups -OCH3 is 2. The number of phenolic OH excluding ortho intramolecular Hbond substituents is 1. The molecule has 144 valence electrons. The molecule has 1 amide bonds. The molecule has 0 spiro atoms. The van der Waals surface area contributed by atoms with E-state index in [0.717, 1.165) is 28.5 Å². The molecule has 0 saturated heterocycles. The number of H-pyrrole nitrogens is 1. The van der Waals surface area contributed by atoms with Gasteiger partial charge in [-0.15, -0.1) is 0 Å². The molecule has 0 radical (unpaired) electrons. The third-order valence-electron chi connectivity index (χ3n) is 4.90. The van der Waals surface area contributed by atoms with Gasteiger partial charge < -0.3 is 24.5 Å². The molecule has 1 aliphatic heterocycles. The maximum absolute atomic E-state index is 12.9. The van der Waals surface area contributed by atoms with Gasteiger partial charge in [0.05, 0.1) is 37.7 Å². The minimum atomic E-state index is -0.219. The number of aromatic nitrogens is 2. The van der Waals surface area contributed by atoms with Gasteiger partial charge in [0.2, 0.25) is 0 Å². The number of aromatic amines is 1. The van der Waals surface area contributed by atoms with Gasteiger partial charge in [-0.05, 0) is 24.3 Å². The maximum Gasteiger partial charge on any atom is 0.257 e. The summed E-state index contributed by atoms with van der Waals surface area (Å²) in [4.78, 5) is 22.6. The average Bonchev–Trinajstić information content (AvgIpc) is 3.16. The van der Waals surface area contributed by atoms with E-state index in [1.165, 1.54) is 13.2 Å². The van der Waals surface area contributed by atoms with Crippen molar-refractivity contribution in [3.8, 4) is 28.6 Å². The van der Waals surface area contributed by atoms with E-state index in [-0.39, 0.29) is 17.2 Å². The molecule has 7 nitrogen and oxygen atoms in total. The Labute approximate surface area is 162 Å². The fourth-order valence-electron chi connectivity index (χ4n) is 3.36. The minimum Gasteiger partial charge on any atom is -0.507 e. The van der Waals surface area contributed by atoms with Crippen LogP contribution in [-0.2, 0) is 13.0 Å². The number of amides is 1. The molecule has 0 bridgehead atoms. The van der Waals surface area contributed by atoms with Crippen LogP contribution >= 0.6 is 0 Å². The van der Waals surface area contributed by atoms with Gasteiger partial charge in [0.1, 0.15) is 23.1 Å². The zero-order valence-electron chi connectivity index (χ0n) is 15.7. The first kappa shape index (κ1) is 17.9. The van der Waals surface area contributed by atoms with Gasteiger partial charge in [-0.2, -0.15) is 0 Å². The molecule has 3 aromatic rings. The number of aromatic hydroxyl groups is 1. The van der Waals surface area contributed by atoms with Crippen molar-refractivity contribution in [1.29, 1.82) is 0 Å². The number of benzene rings is 2. The molecule has 0 aliphatic carbocycles. The third-order valence-corrected chi connectivity index (χ3v) is 4.90. The first-order valence-electron chi connectivity index (χ1n) is 8.97. The standard InChI is InChI=1S/C21H21N3O4/c1-27-14-5-3-4-13(10-14)20-22-17-8-9-24(12-18(17)23-20)21(26)16-7-6-15(28-2)11-19(16)25/h3-7,10-11,25H,8-9,12H2,1-2H3,(H,22,23). The molecule has 1 aliphatic rings. The fourth-order valence-corrected chi connectivity index (χ4v) is 3.36. The van der Waals surface area contributed by atoms with E-state index in [2.05, 4.69) is 9.97 Å². The van der Waals surface area contributed by atoms with Crippen LogP contribution < -0.4 is 9.47 Å². The van der Waals surface area contributed by atoms with Crippen LogP contribution in [0.3, 0.4) is 0 Å². The van der Waals surface area contributed by atoms with Crippen LogP contribution in [0.1, 0.15) is 21.7 Å². The predicted octanol–water partition coefficient (Wildman–Crippen LogP) is 3.00. The number of carbonyl (C=O) groups excluding carboxylic acids is 1. The van der Waals surface area contributed by atoms with Crippen LogP contribution in [-0.4, -0.2) is 46.6 Å². The summed E-state index contributed by atoms with van der Waals surface area (Å²) in [7, 11) is 3.14. The largest absolute Gasteiger partial charge is 0.507 e. The van der Waals surface area contributed by atoms with Crippen molar-refractivity contribution in [2.75, 3.05) is 20.8 Å². The number of ether oxygens (including phenoxy) is 2. The lowest BCUT2D eigenvalue weighted by molar-refractivity contribution is 0.0729. The monoisotopic (exact) mass is 379 g/mol. The van der Waals surface area contributed by atoms with E-state index in [9.17, 15) is 9.90 Å². The van der Waals surface area contributed by atoms with Crippen LogP contribution in [0.25, 0.3) is 11.4 Å². The fraction of sp³-hybridized carbons (Fsp3) is 0.238. The average molecular weight is 379 g/mol. The van der Waals surface area contributed by atoms with Crippen molar-refractivity contribution in [3.63, 3.8) is 0 Å². The number of hydrogen-bond donors (Lipinski definition) is 2. The van der Waals surface area contributed by atoms with Gasteiger partial charge in [-0.1, -0.05) is 12.1 Å². The van der Waals surface area contributed by atoms with E-state index in [0.29, 0.717) is 25.3 Å². The molecule has 0 atom stereocenters. The second-order valence-electron chi connectivity index (χ2n) is 6.60. The van der Waals surface area contributed by atoms with E-state index < -0.39 is 0 Å². The van der Waals surface area contributed by atoms with Crippen LogP contribution in [0.15, 0.2) is 42.5 Å². The van der Waals surface area contributed by atoms with Gasteiger partial charge in [0.15, 0.2) is 0 Å². The molecule has 4 rings (SSSR count). The number of nitrogens with one attached hydrogen (secondary N) is 1. The molecular formula is C21H21N3O4. The van der Waals surface area contributed by atoms with Gasteiger partial charge in [0.25, 0.3) is 5.91 Å². The second kappa shape index (κ2) is 7.26. The third kappa shape index (κ3) is 3.26. The van der Waals surface area contributed by atoms with Crippen LogP contribution in [0, 0.1) is 0 Å². The highest BCUT2D eigenvalue weighted by Crippen LogP contribution is 2.28. The molecule has 0 saturated carbocycles. The van der Waals surface area contributed by atoms with E-state index in [4.69, 9.17) is 9.47 Å². The van der Waals surface area contributed by atoms with Crippen LogP contribution in [0.4, 0.5) is 0 Å². The summed E-state index contributed by atoms with van der Waals surface area (Å²) in [6.45, 7) is 0.955. The number of carbonyl (C=O) groups is 1. The molecule has 1 aromatic heterocycles. The number of rotatable bonds is 4. The summed E-state index contributed by atoms with van der Waals surface area (Å²) in [5, 5.41) is 10.2. The Morgan fingerprint density at radius 1 is 1.14 bits per heavy atom. The van der Waals surface area contributed by atoms with Crippen LogP contribution in [0.2, 0.25) is 0 Å². The van der Waals surface area contributed by atoms with Crippen molar-refractivity contribution in [3.05, 3.63) is 59.4 Å². The zero-order valence-corrected chi connectivity index (χ0v) is 15.7. The van der Waals surface area contributed by atoms with Crippen molar-refractivity contribution >= 4 is 5.91 Å². The van der Waals surface area contributed by atoms with Gasteiger partial charge >= 0.3 is 0 Å². The number of phenols is 1. The second-order valence-corrected chi connectivity index (χ2v) is 6.60. The van der Waals surface area contributed by atoms with Crippen LogP contribution in [0.5, 0.6) is 17.2 Å². The first-order chi connectivity index (χ1) is 13.6. The van der Waals surface area contributed by atoms with E-state index in [1.807, 2.05) is 24.3 Å². The normalized spacial score (nSPS) is 13.1. The first-order valence-corrected chi connectivity index (χ1v) is 8.97. The minimum absolute atomic E-state index is 0.0863. The lowest BCUT2D eigenvalue weighted by Gasteiger charge is -2.26. The highest BCUT2D eigenvalue weighted by molar-refractivity contribution is 5.97. The molecular weight excluding hydrogens is 358 g/mol. The number of imidazole rings is 1. The molecule has 2 heterocycles. The summed E-state index contributed by atoms with van der Waals surface area (Å²) in [5.74, 6) is 1.72. The Morgan fingerprint density at radius 3 is 2.68 bits per heavy atom. The van der Waals surface area contributed by atoms with E-state index in [1.54, 1.807) is 24.1 Å². The summed E-state index contributed by atoms with van der Waals surface area (Å²) < 4.78 is 10.4. The van der Waals surface area contributed by atoms with Gasteiger partial charge in [-0.25, -0.2) is 4.98 Å². The van der Waals surface area contributed by atoms with Crippen molar-refractivity contribution in [2.45, 2.75) is 13.0 Å². The summed E-state index contributed by atoms with van der Waals surface area (Å²) in [6, 6.07) is 12.4. The van der Waals surface area contributed by atoms with Gasteiger partial charge in [-0.3, -0.25) is 4.79 Å². The lowest BCUT2D eigenvalue weighted by Crippen LogP contribution is -2.36. The SMILES string of the molecule is COc1cccc(-c2nc3c([nH]2)CN(C(=O)c2ccc(OC)cc2O)CC3)c1. The summed E-state index contributed by atoms with van der Waals surface area (Å²) in [5.41, 5.74) is 3.06. The van der Waals surface area contributed by atoms with Crippen molar-refractivity contribution in [1.82, 2.24) is 14.9 Å². The molecule has 0 fully saturated rings. The van der Waals surface area contributed by atoms with Crippen molar-refractivity contribution in [2.24, 2.45) is 0 Å². The Balaban J connectivity index is 1.56. The quantitative estimate of drug-likeness (QED) is 0.728. The number of nitrogens with zero attached hydrogens (tertiary/aromatic N) is 2. The Morgan fingerprint density at radius 2 is 1.93 bits per heavy atom. The molecule has 0 unspecified atom stereocenters. The number of fused-ring (bicyclic) bond motifs is 1. The Bertz CT molecular complexity index is 1030. The smallest absolute Gasteiger partial charge is 0.257 e. The maximum atomic E-state index is 12.9. The molecule has 2 N–H and O–H groups in total. The Hall–Kier alpha value is -3.48. The molecule has 2 aromatic carbocycles. The lowest BCUT2D eigenvalue weighted by atomic mass is 10.1. The van der Waals surface area contributed by atoms with Crippen molar-refractivity contribution < 1.29 is 19.4 Å². The Kier molecular flexibility index (Phi) is 4.65. The molecule has 7 heteroatoms. The topological polar surface area (TPSA) is 87.7 Å². The zero-order chi connectivity index (χ0) is 19.7. The summed E-state index contributed by atoms with van der Waals surface area (Å²) in [6.07, 6.45) is 0.651. The van der Waals surface area contributed by atoms with E-state index >= 15 is 0 Å². The van der Waals surface area contributed by atoms with Gasteiger partial charge in [0, 0.05) is 24.6 Å². The highest BCUT2D eigenvalue weighted by Gasteiger charge is 2.26. The predicted molar refractivity (Wildman–Crippen MR) is 104 cm³/mol.